The molecule has 1 heterocycles. The van der Waals surface area contributed by atoms with Gasteiger partial charge in [-0.3, -0.25) is 0 Å². The molecule has 0 aliphatic carbocycles. The summed E-state index contributed by atoms with van der Waals surface area (Å²) in [7, 11) is 4.73. The molecule has 23 heavy (non-hydrogen) atoms. The molecule has 6 heteroatoms. The fraction of sp³-hybridized carbons (Fsp3) is 0.588. The Morgan fingerprint density at radius 2 is 1.83 bits per heavy atom. The topological polar surface area (TPSA) is 60.0 Å². The molecule has 0 unspecified atom stereocenters. The van der Waals surface area contributed by atoms with Crippen molar-refractivity contribution < 1.29 is 19.0 Å². The van der Waals surface area contributed by atoms with Crippen LogP contribution in [0.2, 0.25) is 0 Å². The van der Waals surface area contributed by atoms with E-state index < -0.39 is 0 Å². The summed E-state index contributed by atoms with van der Waals surface area (Å²) in [6.07, 6.45) is 1.06. The van der Waals surface area contributed by atoms with Crippen molar-refractivity contribution in [2.24, 2.45) is 5.92 Å². The van der Waals surface area contributed by atoms with Crippen molar-refractivity contribution in [3.63, 3.8) is 0 Å². The first-order chi connectivity index (χ1) is 11.0. The Hall–Kier alpha value is -2.11. The number of nitrogens with one attached hydrogen (secondary N) is 1. The highest BCUT2D eigenvalue weighted by Crippen LogP contribution is 2.39. The van der Waals surface area contributed by atoms with Crippen molar-refractivity contribution in [2.45, 2.75) is 26.3 Å². The predicted octanol–water partition coefficient (Wildman–Crippen LogP) is 2.82. The molecule has 1 saturated heterocycles. The van der Waals surface area contributed by atoms with E-state index in [1.807, 2.05) is 24.0 Å². The number of carbonyl (C=O) groups excluding carboxylic acids is 1. The second-order valence-electron chi connectivity index (χ2n) is 5.97. The second kappa shape index (κ2) is 7.44. The van der Waals surface area contributed by atoms with Crippen LogP contribution >= 0.6 is 0 Å². The maximum Gasteiger partial charge on any atom is 0.317 e. The Balaban J connectivity index is 2.15. The van der Waals surface area contributed by atoms with E-state index >= 15 is 0 Å². The van der Waals surface area contributed by atoms with E-state index in [1.165, 1.54) is 0 Å². The largest absolute Gasteiger partial charge is 0.493 e. The fourth-order valence-corrected chi connectivity index (χ4v) is 2.83. The number of nitrogens with zero attached hydrogens (tertiary/aromatic N) is 1. The van der Waals surface area contributed by atoms with Gasteiger partial charge in [-0.1, -0.05) is 6.92 Å². The van der Waals surface area contributed by atoms with Gasteiger partial charge in [0.2, 0.25) is 5.75 Å². The molecule has 0 saturated carbocycles. The summed E-state index contributed by atoms with van der Waals surface area (Å²) in [5.74, 6) is 2.28. The highest BCUT2D eigenvalue weighted by molar-refractivity contribution is 5.75. The van der Waals surface area contributed by atoms with Gasteiger partial charge in [0.1, 0.15) is 0 Å². The monoisotopic (exact) mass is 322 g/mol. The lowest BCUT2D eigenvalue weighted by molar-refractivity contribution is 0.204. The molecular formula is C17H26N2O4. The van der Waals surface area contributed by atoms with Crippen LogP contribution in [-0.2, 0) is 0 Å². The summed E-state index contributed by atoms with van der Waals surface area (Å²) in [5.41, 5.74) is 0.903. The van der Waals surface area contributed by atoms with Gasteiger partial charge in [-0.2, -0.15) is 0 Å². The molecule has 128 valence electrons. The quantitative estimate of drug-likeness (QED) is 0.905. The van der Waals surface area contributed by atoms with Crippen LogP contribution in [0, 0.1) is 5.92 Å². The number of ether oxygens (including phenoxy) is 3. The van der Waals surface area contributed by atoms with Crippen LogP contribution in [0.15, 0.2) is 12.1 Å². The molecule has 0 aromatic heterocycles. The SMILES string of the molecule is COc1cc([C@@H](C)NC(=O)N2CC[C@H](C)C2)cc(OC)c1OC. The first kappa shape index (κ1) is 17.2. The fourth-order valence-electron chi connectivity index (χ4n) is 2.83. The van der Waals surface area contributed by atoms with Gasteiger partial charge in [-0.15, -0.1) is 0 Å². The highest BCUT2D eigenvalue weighted by atomic mass is 16.5. The summed E-state index contributed by atoms with van der Waals surface area (Å²) in [6, 6.07) is 3.53. The van der Waals surface area contributed by atoms with Crippen molar-refractivity contribution in [1.29, 1.82) is 0 Å². The molecule has 1 N–H and O–H groups in total. The third-order valence-electron chi connectivity index (χ3n) is 4.24. The lowest BCUT2D eigenvalue weighted by Crippen LogP contribution is -2.39. The van der Waals surface area contributed by atoms with E-state index in [9.17, 15) is 4.79 Å². The molecule has 6 nitrogen and oxygen atoms in total. The van der Waals surface area contributed by atoms with Crippen LogP contribution in [0.1, 0.15) is 31.9 Å². The normalized spacial score (nSPS) is 18.5. The minimum Gasteiger partial charge on any atom is -0.493 e. The van der Waals surface area contributed by atoms with E-state index in [2.05, 4.69) is 12.2 Å². The zero-order valence-electron chi connectivity index (χ0n) is 14.5. The molecule has 0 spiro atoms. The average molecular weight is 322 g/mol. The molecule has 0 radical (unpaired) electrons. The summed E-state index contributed by atoms with van der Waals surface area (Å²) in [6.45, 7) is 5.73. The van der Waals surface area contributed by atoms with Gasteiger partial charge < -0.3 is 24.4 Å². The van der Waals surface area contributed by atoms with Crippen LogP contribution in [0.4, 0.5) is 4.79 Å². The minimum absolute atomic E-state index is 0.0319. The van der Waals surface area contributed by atoms with Crippen LogP contribution in [-0.4, -0.2) is 45.3 Å². The number of carbonyl (C=O) groups is 1. The van der Waals surface area contributed by atoms with E-state index in [0.29, 0.717) is 23.2 Å². The molecule has 2 amide bonds. The van der Waals surface area contributed by atoms with Crippen molar-refractivity contribution in [1.82, 2.24) is 10.2 Å². The zero-order valence-corrected chi connectivity index (χ0v) is 14.5. The van der Waals surface area contributed by atoms with Gasteiger partial charge in [-0.05, 0) is 37.0 Å². The molecule has 1 aromatic rings. The van der Waals surface area contributed by atoms with E-state index in [4.69, 9.17) is 14.2 Å². The first-order valence-corrected chi connectivity index (χ1v) is 7.85. The van der Waals surface area contributed by atoms with Gasteiger partial charge >= 0.3 is 6.03 Å². The number of rotatable bonds is 5. The number of benzene rings is 1. The van der Waals surface area contributed by atoms with Crippen LogP contribution in [0.25, 0.3) is 0 Å². The van der Waals surface area contributed by atoms with Gasteiger partial charge in [-0.25, -0.2) is 4.79 Å². The van der Waals surface area contributed by atoms with E-state index in [1.54, 1.807) is 21.3 Å². The maximum absolute atomic E-state index is 12.3. The summed E-state index contributed by atoms with van der Waals surface area (Å²) >= 11 is 0. The van der Waals surface area contributed by atoms with E-state index in [-0.39, 0.29) is 12.1 Å². The Labute approximate surface area is 137 Å². The zero-order chi connectivity index (χ0) is 17.0. The van der Waals surface area contributed by atoms with Gasteiger partial charge in [0, 0.05) is 13.1 Å². The third kappa shape index (κ3) is 3.81. The molecule has 0 bridgehead atoms. The summed E-state index contributed by atoms with van der Waals surface area (Å²) < 4.78 is 16.0. The molecule has 2 rings (SSSR count). The first-order valence-electron chi connectivity index (χ1n) is 7.85. The van der Waals surface area contributed by atoms with Crippen molar-refractivity contribution in [3.8, 4) is 17.2 Å². The number of urea groups is 1. The standard InChI is InChI=1S/C17H26N2O4/c1-11-6-7-19(10-11)17(20)18-12(2)13-8-14(21-3)16(23-5)15(9-13)22-4/h8-9,11-12H,6-7,10H2,1-5H3,(H,18,20)/t11-,12+/m0/s1. The third-order valence-corrected chi connectivity index (χ3v) is 4.24. The van der Waals surface area contributed by atoms with Crippen LogP contribution in [0.3, 0.4) is 0 Å². The van der Waals surface area contributed by atoms with Crippen molar-refractivity contribution >= 4 is 6.03 Å². The van der Waals surface area contributed by atoms with Gasteiger partial charge in [0.15, 0.2) is 11.5 Å². The van der Waals surface area contributed by atoms with Gasteiger partial charge in [0.05, 0.1) is 27.4 Å². The summed E-state index contributed by atoms with van der Waals surface area (Å²) in [4.78, 5) is 14.2. The number of hydrogen-bond donors (Lipinski definition) is 1. The second-order valence-corrected chi connectivity index (χ2v) is 5.97. The molecule has 1 aliphatic rings. The number of likely N-dealkylation sites (tertiary alicyclic amines) is 1. The molecule has 1 aliphatic heterocycles. The molecular weight excluding hydrogens is 296 g/mol. The smallest absolute Gasteiger partial charge is 0.317 e. The lowest BCUT2D eigenvalue weighted by Gasteiger charge is -2.22. The van der Waals surface area contributed by atoms with Crippen LogP contribution in [0.5, 0.6) is 17.2 Å². The minimum atomic E-state index is -0.160. The Morgan fingerprint density at radius 1 is 1.22 bits per heavy atom. The maximum atomic E-state index is 12.3. The van der Waals surface area contributed by atoms with Crippen LogP contribution < -0.4 is 19.5 Å². The van der Waals surface area contributed by atoms with E-state index in [0.717, 1.165) is 25.1 Å². The molecule has 1 aromatic carbocycles. The molecule has 2 atom stereocenters. The molecule has 1 fully saturated rings. The number of hydrogen-bond acceptors (Lipinski definition) is 4. The van der Waals surface area contributed by atoms with Crippen molar-refractivity contribution in [2.75, 3.05) is 34.4 Å². The average Bonchev–Trinajstić information content (AvgIpc) is 2.99. The number of amides is 2. The Bertz CT molecular complexity index is 537. The Kier molecular flexibility index (Phi) is 5.58. The Morgan fingerprint density at radius 3 is 2.26 bits per heavy atom. The predicted molar refractivity (Wildman–Crippen MR) is 88.4 cm³/mol. The van der Waals surface area contributed by atoms with Gasteiger partial charge in [0.25, 0.3) is 0 Å². The number of methoxy groups -OCH3 is 3. The van der Waals surface area contributed by atoms with Crippen molar-refractivity contribution in [3.05, 3.63) is 17.7 Å². The highest BCUT2D eigenvalue weighted by Gasteiger charge is 2.25. The lowest BCUT2D eigenvalue weighted by atomic mass is 10.1. The summed E-state index contributed by atoms with van der Waals surface area (Å²) in [5, 5.41) is 3.03.